The van der Waals surface area contributed by atoms with E-state index in [2.05, 4.69) is 10.0 Å². The Balaban J connectivity index is 2.10. The fourth-order valence-corrected chi connectivity index (χ4v) is 5.76. The number of hydrogen-bond donors (Lipinski definition) is 2. The predicted molar refractivity (Wildman–Crippen MR) is 119 cm³/mol. The molecule has 0 amide bonds. The molecule has 166 valence electrons. The highest BCUT2D eigenvalue weighted by molar-refractivity contribution is 7.92. The molecular formula is C21H24FN3O4S2. The Labute approximate surface area is 182 Å². The van der Waals surface area contributed by atoms with Gasteiger partial charge in [-0.1, -0.05) is 25.1 Å². The third-order valence-corrected chi connectivity index (χ3v) is 7.67. The highest BCUT2D eigenvalue weighted by Crippen LogP contribution is 2.30. The highest BCUT2D eigenvalue weighted by Gasteiger charge is 2.24. The van der Waals surface area contributed by atoms with Gasteiger partial charge in [-0.2, -0.15) is 0 Å². The molecule has 0 aliphatic rings. The Morgan fingerprint density at radius 2 is 1.74 bits per heavy atom. The monoisotopic (exact) mass is 465 g/mol. The van der Waals surface area contributed by atoms with Crippen molar-refractivity contribution in [2.75, 3.05) is 17.5 Å². The van der Waals surface area contributed by atoms with Crippen LogP contribution in [0.3, 0.4) is 0 Å². The summed E-state index contributed by atoms with van der Waals surface area (Å²) in [5.41, 5.74) is 1.13. The number of sulfonamides is 1. The van der Waals surface area contributed by atoms with Crippen LogP contribution in [-0.4, -0.2) is 33.6 Å². The Bertz CT molecular complexity index is 1290. The van der Waals surface area contributed by atoms with E-state index >= 15 is 0 Å². The molecule has 2 aromatic carbocycles. The van der Waals surface area contributed by atoms with Gasteiger partial charge in [0.15, 0.2) is 0 Å². The smallest absolute Gasteiger partial charge is 0.268 e. The molecule has 0 unspecified atom stereocenters. The molecule has 0 aliphatic heterocycles. The molecule has 0 spiro atoms. The van der Waals surface area contributed by atoms with Gasteiger partial charge in [0.1, 0.15) is 5.82 Å². The van der Waals surface area contributed by atoms with Crippen LogP contribution in [0.2, 0.25) is 0 Å². The van der Waals surface area contributed by atoms with E-state index < -0.39 is 25.9 Å². The van der Waals surface area contributed by atoms with Gasteiger partial charge in [0, 0.05) is 24.0 Å². The van der Waals surface area contributed by atoms with Crippen molar-refractivity contribution in [1.82, 2.24) is 9.29 Å². The van der Waals surface area contributed by atoms with Gasteiger partial charge in [0.2, 0.25) is 10.0 Å². The van der Waals surface area contributed by atoms with Crippen LogP contribution < -0.4 is 10.0 Å². The van der Waals surface area contributed by atoms with E-state index in [1.165, 1.54) is 48.7 Å². The van der Waals surface area contributed by atoms with Crippen molar-refractivity contribution in [3.8, 4) is 11.3 Å². The average molecular weight is 466 g/mol. The SMILES string of the molecule is CCCS(=O)(=O)Nc1cccc(S(=O)(=O)n2cc(CNC)cc2-c2ccccc2F)c1. The molecule has 0 fully saturated rings. The fraction of sp³-hybridized carbons (Fsp3) is 0.238. The number of halogens is 1. The Kier molecular flexibility index (Phi) is 6.83. The lowest BCUT2D eigenvalue weighted by atomic mass is 10.1. The molecule has 31 heavy (non-hydrogen) atoms. The minimum atomic E-state index is -4.13. The topological polar surface area (TPSA) is 97.3 Å². The Morgan fingerprint density at radius 3 is 2.42 bits per heavy atom. The van der Waals surface area contributed by atoms with Gasteiger partial charge in [0.25, 0.3) is 10.0 Å². The first-order chi connectivity index (χ1) is 14.7. The van der Waals surface area contributed by atoms with Gasteiger partial charge in [-0.15, -0.1) is 0 Å². The summed E-state index contributed by atoms with van der Waals surface area (Å²) in [6, 6.07) is 13.1. The van der Waals surface area contributed by atoms with Crippen LogP contribution in [0.25, 0.3) is 11.3 Å². The van der Waals surface area contributed by atoms with E-state index in [1.807, 2.05) is 0 Å². The maximum Gasteiger partial charge on any atom is 0.268 e. The van der Waals surface area contributed by atoms with Gasteiger partial charge in [0.05, 0.1) is 16.3 Å². The molecule has 2 N–H and O–H groups in total. The maximum absolute atomic E-state index is 14.5. The average Bonchev–Trinajstić information content (AvgIpc) is 3.13. The quantitative estimate of drug-likeness (QED) is 0.505. The zero-order valence-electron chi connectivity index (χ0n) is 17.2. The first-order valence-electron chi connectivity index (χ1n) is 9.65. The summed E-state index contributed by atoms with van der Waals surface area (Å²) in [4.78, 5) is -0.117. The number of nitrogens with one attached hydrogen (secondary N) is 2. The normalized spacial score (nSPS) is 12.1. The number of anilines is 1. The number of benzene rings is 2. The Hall–Kier alpha value is -2.69. The lowest BCUT2D eigenvalue weighted by Gasteiger charge is -2.13. The first-order valence-corrected chi connectivity index (χ1v) is 12.7. The van der Waals surface area contributed by atoms with Crippen LogP contribution in [0.5, 0.6) is 0 Å². The molecular weight excluding hydrogens is 441 g/mol. The number of rotatable bonds is 9. The van der Waals surface area contributed by atoms with E-state index in [0.29, 0.717) is 18.5 Å². The Morgan fingerprint density at radius 1 is 1.00 bits per heavy atom. The van der Waals surface area contributed by atoms with Gasteiger partial charge in [-0.3, -0.25) is 4.72 Å². The van der Waals surface area contributed by atoms with Crippen molar-refractivity contribution in [2.45, 2.75) is 24.8 Å². The van der Waals surface area contributed by atoms with Gasteiger partial charge in [-0.05, 0) is 55.4 Å². The summed E-state index contributed by atoms with van der Waals surface area (Å²) in [6.45, 7) is 2.12. The second kappa shape index (κ2) is 9.21. The third kappa shape index (κ3) is 5.15. The second-order valence-corrected chi connectivity index (χ2v) is 10.7. The summed E-state index contributed by atoms with van der Waals surface area (Å²) in [5, 5.41) is 2.95. The summed E-state index contributed by atoms with van der Waals surface area (Å²) in [6.07, 6.45) is 1.86. The van der Waals surface area contributed by atoms with E-state index in [0.717, 1.165) is 3.97 Å². The minimum absolute atomic E-state index is 0.0770. The number of aromatic nitrogens is 1. The summed E-state index contributed by atoms with van der Waals surface area (Å²) < 4.78 is 68.9. The van der Waals surface area contributed by atoms with Crippen molar-refractivity contribution in [1.29, 1.82) is 0 Å². The lowest BCUT2D eigenvalue weighted by Crippen LogP contribution is -2.17. The largest absolute Gasteiger partial charge is 0.316 e. The van der Waals surface area contributed by atoms with Crippen LogP contribution in [0.1, 0.15) is 18.9 Å². The molecule has 0 aliphatic carbocycles. The van der Waals surface area contributed by atoms with Crippen LogP contribution in [0.15, 0.2) is 65.7 Å². The second-order valence-electron chi connectivity index (χ2n) is 6.99. The van der Waals surface area contributed by atoms with Crippen molar-refractivity contribution >= 4 is 25.7 Å². The maximum atomic E-state index is 14.5. The zero-order chi connectivity index (χ0) is 22.6. The molecule has 3 rings (SSSR count). The molecule has 1 aromatic heterocycles. The summed E-state index contributed by atoms with van der Waals surface area (Å²) >= 11 is 0. The van der Waals surface area contributed by atoms with Crippen molar-refractivity contribution in [2.24, 2.45) is 0 Å². The molecule has 0 saturated heterocycles. The van der Waals surface area contributed by atoms with E-state index in [-0.39, 0.29) is 27.6 Å². The summed E-state index contributed by atoms with van der Waals surface area (Å²) in [7, 11) is -5.99. The van der Waals surface area contributed by atoms with Crippen molar-refractivity contribution in [3.05, 3.63) is 72.2 Å². The number of nitrogens with zero attached hydrogens (tertiary/aromatic N) is 1. The van der Waals surface area contributed by atoms with E-state index in [4.69, 9.17) is 0 Å². The number of hydrogen-bond acceptors (Lipinski definition) is 5. The van der Waals surface area contributed by atoms with Crippen LogP contribution in [0, 0.1) is 5.82 Å². The van der Waals surface area contributed by atoms with E-state index in [1.54, 1.807) is 26.1 Å². The van der Waals surface area contributed by atoms with Crippen molar-refractivity contribution in [3.63, 3.8) is 0 Å². The molecule has 1 heterocycles. The molecule has 0 saturated carbocycles. The zero-order valence-corrected chi connectivity index (χ0v) is 18.8. The van der Waals surface area contributed by atoms with Crippen LogP contribution in [-0.2, 0) is 26.6 Å². The van der Waals surface area contributed by atoms with Crippen LogP contribution >= 0.6 is 0 Å². The fourth-order valence-electron chi connectivity index (χ4n) is 3.19. The van der Waals surface area contributed by atoms with Crippen LogP contribution in [0.4, 0.5) is 10.1 Å². The molecule has 0 bridgehead atoms. The summed E-state index contributed by atoms with van der Waals surface area (Å²) in [5.74, 6) is -0.624. The molecule has 0 atom stereocenters. The van der Waals surface area contributed by atoms with Gasteiger partial charge < -0.3 is 5.32 Å². The van der Waals surface area contributed by atoms with Gasteiger partial charge >= 0.3 is 0 Å². The molecule has 10 heteroatoms. The molecule has 3 aromatic rings. The molecule has 7 nitrogen and oxygen atoms in total. The predicted octanol–water partition coefficient (Wildman–Crippen LogP) is 3.40. The third-order valence-electron chi connectivity index (χ3n) is 4.51. The van der Waals surface area contributed by atoms with Crippen molar-refractivity contribution < 1.29 is 21.2 Å². The lowest BCUT2D eigenvalue weighted by molar-refractivity contribution is 0.587. The first kappa shape index (κ1) is 23.0. The minimum Gasteiger partial charge on any atom is -0.316 e. The molecule has 0 radical (unpaired) electrons. The highest BCUT2D eigenvalue weighted by atomic mass is 32.2. The standard InChI is InChI=1S/C21H24FN3O4S2/c1-3-11-30(26,27)24-17-7-6-8-18(13-17)31(28,29)25-15-16(14-23-2)12-21(25)19-9-4-5-10-20(19)22/h4-10,12-13,15,23-24H,3,11,14H2,1-2H3. The van der Waals surface area contributed by atoms with E-state index in [9.17, 15) is 21.2 Å². The van der Waals surface area contributed by atoms with Gasteiger partial charge in [-0.25, -0.2) is 25.2 Å².